The van der Waals surface area contributed by atoms with Crippen LogP contribution in [0.1, 0.15) is 15.9 Å². The molecule has 164 valence electrons. The minimum atomic E-state index is -0.341. The molecule has 2 aromatic carbocycles. The lowest BCUT2D eigenvalue weighted by Crippen LogP contribution is -2.46. The molecular weight excluding hydrogens is 427 g/mol. The zero-order valence-corrected chi connectivity index (χ0v) is 18.4. The van der Waals surface area contributed by atoms with E-state index in [4.69, 9.17) is 5.41 Å². The van der Waals surface area contributed by atoms with Gasteiger partial charge in [-0.3, -0.25) is 10.2 Å². The second-order valence-electron chi connectivity index (χ2n) is 7.24. The number of carbonyl (C=O) groups excluding carboxylic acids is 1. The van der Waals surface area contributed by atoms with E-state index in [1.165, 1.54) is 17.8 Å². The molecule has 0 spiro atoms. The van der Waals surface area contributed by atoms with Crippen LogP contribution in [-0.2, 0) is 0 Å². The van der Waals surface area contributed by atoms with Gasteiger partial charge in [-0.1, -0.05) is 18.2 Å². The Bertz CT molecular complexity index is 1130. The number of carbonyl (C=O) groups is 1. The SMILES string of the molecule is CSC(=N)c1ccc(C(=O)N2CCNCC2)cc1Nc1ncc(-c2ccccc2F)cn1. The monoisotopic (exact) mass is 450 g/mol. The Morgan fingerprint density at radius 3 is 2.56 bits per heavy atom. The molecular formula is C23H23FN6OS. The predicted octanol–water partition coefficient (Wildman–Crippen LogP) is 3.76. The van der Waals surface area contributed by atoms with Gasteiger partial charge >= 0.3 is 0 Å². The van der Waals surface area contributed by atoms with Gasteiger partial charge in [0, 0.05) is 60.8 Å². The molecule has 1 aromatic heterocycles. The molecule has 0 radical (unpaired) electrons. The van der Waals surface area contributed by atoms with Gasteiger partial charge < -0.3 is 15.5 Å². The summed E-state index contributed by atoms with van der Waals surface area (Å²) in [5.74, 6) is -0.0914. The Morgan fingerprint density at radius 2 is 1.88 bits per heavy atom. The highest BCUT2D eigenvalue weighted by molar-refractivity contribution is 8.13. The molecule has 1 fully saturated rings. The molecule has 3 N–H and O–H groups in total. The van der Waals surface area contributed by atoms with E-state index in [2.05, 4.69) is 20.6 Å². The summed E-state index contributed by atoms with van der Waals surface area (Å²) in [7, 11) is 0. The Hall–Kier alpha value is -3.30. The zero-order valence-electron chi connectivity index (χ0n) is 17.6. The molecule has 0 unspecified atom stereocenters. The lowest BCUT2D eigenvalue weighted by molar-refractivity contribution is 0.0736. The summed E-state index contributed by atoms with van der Waals surface area (Å²) < 4.78 is 14.0. The molecule has 3 aromatic rings. The highest BCUT2D eigenvalue weighted by Gasteiger charge is 2.20. The molecule has 7 nitrogen and oxygen atoms in total. The van der Waals surface area contributed by atoms with E-state index in [1.54, 1.807) is 48.8 Å². The maximum Gasteiger partial charge on any atom is 0.254 e. The van der Waals surface area contributed by atoms with Gasteiger partial charge in [0.1, 0.15) is 5.82 Å². The summed E-state index contributed by atoms with van der Waals surface area (Å²) in [6.07, 6.45) is 4.91. The Labute approximate surface area is 190 Å². The largest absolute Gasteiger partial charge is 0.336 e. The minimum Gasteiger partial charge on any atom is -0.336 e. The highest BCUT2D eigenvalue weighted by Crippen LogP contribution is 2.26. The second-order valence-corrected chi connectivity index (χ2v) is 8.05. The predicted molar refractivity (Wildman–Crippen MR) is 126 cm³/mol. The van der Waals surface area contributed by atoms with Crippen LogP contribution >= 0.6 is 11.8 Å². The average molecular weight is 451 g/mol. The molecule has 1 aliphatic rings. The highest BCUT2D eigenvalue weighted by atomic mass is 32.2. The number of hydrogen-bond acceptors (Lipinski definition) is 7. The molecule has 2 heterocycles. The van der Waals surface area contributed by atoms with Crippen molar-refractivity contribution in [3.05, 3.63) is 71.8 Å². The second kappa shape index (κ2) is 9.88. The third-order valence-corrected chi connectivity index (χ3v) is 5.83. The van der Waals surface area contributed by atoms with Gasteiger partial charge in [0.05, 0.1) is 10.7 Å². The summed E-state index contributed by atoms with van der Waals surface area (Å²) in [5.41, 5.74) is 2.75. The van der Waals surface area contributed by atoms with E-state index in [-0.39, 0.29) is 11.7 Å². The van der Waals surface area contributed by atoms with Crippen LogP contribution in [0.5, 0.6) is 0 Å². The van der Waals surface area contributed by atoms with Crippen molar-refractivity contribution in [2.45, 2.75) is 0 Å². The van der Waals surface area contributed by atoms with Crippen molar-refractivity contribution in [1.29, 1.82) is 5.41 Å². The number of piperazine rings is 1. The van der Waals surface area contributed by atoms with E-state index in [0.29, 0.717) is 52.0 Å². The van der Waals surface area contributed by atoms with Gasteiger partial charge in [0.25, 0.3) is 5.91 Å². The molecule has 4 rings (SSSR count). The summed E-state index contributed by atoms with van der Waals surface area (Å²) in [6, 6.07) is 11.7. The zero-order chi connectivity index (χ0) is 22.5. The first-order valence-electron chi connectivity index (χ1n) is 10.2. The maximum atomic E-state index is 14.0. The summed E-state index contributed by atoms with van der Waals surface area (Å²) in [4.78, 5) is 23.4. The quantitative estimate of drug-likeness (QED) is 0.405. The first-order valence-corrected chi connectivity index (χ1v) is 11.4. The number of amides is 1. The number of hydrogen-bond donors (Lipinski definition) is 3. The van der Waals surface area contributed by atoms with Crippen LogP contribution < -0.4 is 10.6 Å². The van der Waals surface area contributed by atoms with Crippen molar-refractivity contribution in [3.63, 3.8) is 0 Å². The lowest BCUT2D eigenvalue weighted by Gasteiger charge is -2.27. The van der Waals surface area contributed by atoms with Gasteiger partial charge in [0.15, 0.2) is 0 Å². The van der Waals surface area contributed by atoms with Gasteiger partial charge in [-0.2, -0.15) is 0 Å². The van der Waals surface area contributed by atoms with Crippen LogP contribution in [-0.4, -0.2) is 58.3 Å². The van der Waals surface area contributed by atoms with Crippen LogP contribution in [0.15, 0.2) is 54.9 Å². The van der Waals surface area contributed by atoms with Crippen LogP contribution in [0.4, 0.5) is 16.0 Å². The number of rotatable bonds is 5. The van der Waals surface area contributed by atoms with Crippen LogP contribution in [0.3, 0.4) is 0 Å². The molecule has 1 aliphatic heterocycles. The van der Waals surface area contributed by atoms with E-state index in [9.17, 15) is 9.18 Å². The summed E-state index contributed by atoms with van der Waals surface area (Å²) in [6.45, 7) is 2.86. The van der Waals surface area contributed by atoms with Crippen molar-refractivity contribution in [1.82, 2.24) is 20.2 Å². The molecule has 1 amide bonds. The smallest absolute Gasteiger partial charge is 0.254 e. The van der Waals surface area contributed by atoms with Crippen molar-refractivity contribution < 1.29 is 9.18 Å². The normalized spacial score (nSPS) is 13.6. The number of aromatic nitrogens is 2. The van der Waals surface area contributed by atoms with Crippen molar-refractivity contribution >= 4 is 34.3 Å². The van der Waals surface area contributed by atoms with E-state index >= 15 is 0 Å². The van der Waals surface area contributed by atoms with Crippen LogP contribution in [0.2, 0.25) is 0 Å². The molecule has 0 bridgehead atoms. The molecule has 9 heteroatoms. The molecule has 0 saturated carbocycles. The maximum absolute atomic E-state index is 14.0. The van der Waals surface area contributed by atoms with Gasteiger partial charge in [-0.05, 0) is 30.5 Å². The summed E-state index contributed by atoms with van der Waals surface area (Å²) in [5, 5.41) is 15.0. The summed E-state index contributed by atoms with van der Waals surface area (Å²) >= 11 is 1.30. The Balaban J connectivity index is 1.61. The lowest BCUT2D eigenvalue weighted by atomic mass is 10.1. The van der Waals surface area contributed by atoms with Gasteiger partial charge in [0.2, 0.25) is 5.95 Å². The number of thioether (sulfide) groups is 1. The Morgan fingerprint density at radius 1 is 1.16 bits per heavy atom. The fraction of sp³-hybridized carbons (Fsp3) is 0.217. The number of nitrogens with zero attached hydrogens (tertiary/aromatic N) is 3. The van der Waals surface area contributed by atoms with Crippen molar-refractivity contribution in [3.8, 4) is 11.1 Å². The van der Waals surface area contributed by atoms with Crippen molar-refractivity contribution in [2.75, 3.05) is 37.8 Å². The van der Waals surface area contributed by atoms with Crippen molar-refractivity contribution in [2.24, 2.45) is 0 Å². The number of halogens is 1. The first-order chi connectivity index (χ1) is 15.6. The van der Waals surface area contributed by atoms with Crippen LogP contribution in [0, 0.1) is 11.2 Å². The van der Waals surface area contributed by atoms with E-state index in [0.717, 1.165) is 13.1 Å². The topological polar surface area (TPSA) is 94.0 Å². The first kappa shape index (κ1) is 21.9. The number of nitrogens with one attached hydrogen (secondary N) is 3. The van der Waals surface area contributed by atoms with Crippen LogP contribution in [0.25, 0.3) is 11.1 Å². The number of anilines is 2. The third kappa shape index (κ3) is 4.79. The average Bonchev–Trinajstić information content (AvgIpc) is 2.84. The van der Waals surface area contributed by atoms with E-state index in [1.807, 2.05) is 11.2 Å². The third-order valence-electron chi connectivity index (χ3n) is 5.20. The standard InChI is InChI=1S/C23H23FN6OS/c1-32-21(25)18-7-6-15(22(31)30-10-8-26-9-11-30)12-20(18)29-23-27-13-16(14-28-23)17-4-2-3-5-19(17)24/h2-7,12-14,25-26H,8-11H2,1H3,(H,27,28,29). The molecule has 32 heavy (non-hydrogen) atoms. The van der Waals surface area contributed by atoms with Gasteiger partial charge in [-0.25, -0.2) is 14.4 Å². The molecule has 1 saturated heterocycles. The Kier molecular flexibility index (Phi) is 6.77. The number of benzene rings is 2. The van der Waals surface area contributed by atoms with Gasteiger partial charge in [-0.15, -0.1) is 11.8 Å². The molecule has 0 aliphatic carbocycles. The van der Waals surface area contributed by atoms with E-state index < -0.39 is 0 Å². The minimum absolute atomic E-state index is 0.0485. The fourth-order valence-corrected chi connectivity index (χ4v) is 3.88. The molecule has 0 atom stereocenters. The fourth-order valence-electron chi connectivity index (χ4n) is 3.49.